The van der Waals surface area contributed by atoms with E-state index in [2.05, 4.69) is 53.8 Å². The van der Waals surface area contributed by atoms with Crippen LogP contribution in [0.4, 0.5) is 5.69 Å². The average molecular weight is 606 g/mol. The molecule has 3 N–H and O–H groups in total. The molecule has 1 amide bonds. The second-order valence-electron chi connectivity index (χ2n) is 9.34. The molecular weight excluding hydrogens is 587 g/mol. The summed E-state index contributed by atoms with van der Waals surface area (Å²) in [6, 6.07) is 15.5. The van der Waals surface area contributed by atoms with Gasteiger partial charge in [-0.1, -0.05) is 18.2 Å². The second-order valence-corrected chi connectivity index (χ2v) is 11.6. The zero-order valence-corrected chi connectivity index (χ0v) is 21.8. The van der Waals surface area contributed by atoms with Gasteiger partial charge in [-0.25, -0.2) is 4.98 Å². The Balaban J connectivity index is 1.60. The Morgan fingerprint density at radius 1 is 1.25 bits per heavy atom. The monoisotopic (exact) mass is 606 g/mol. The summed E-state index contributed by atoms with van der Waals surface area (Å²) in [5.41, 5.74) is -0.736. The topological polar surface area (TPSA) is 118 Å². The molecule has 3 aliphatic rings. The molecule has 4 aromatic rings. The lowest BCUT2D eigenvalue weighted by molar-refractivity contribution is -0.129. The summed E-state index contributed by atoms with van der Waals surface area (Å²) in [5, 5.41) is 14.9. The van der Waals surface area contributed by atoms with Crippen LogP contribution in [0, 0.1) is 20.3 Å². The van der Waals surface area contributed by atoms with Gasteiger partial charge in [0.25, 0.3) is 5.91 Å². The number of halogens is 1. The number of rotatable bonds is 3. The minimum absolute atomic E-state index is 0.232. The number of fused-ring (bicyclic) bond motifs is 5. The van der Waals surface area contributed by atoms with Crippen molar-refractivity contribution < 1.29 is 9.59 Å². The largest absolute Gasteiger partial charge is 0.360 e. The minimum Gasteiger partial charge on any atom is -0.360 e. The minimum atomic E-state index is -1.76. The molecule has 2 aromatic carbocycles. The number of carbonyl (C=O) groups is 2. The number of ketones is 1. The van der Waals surface area contributed by atoms with Crippen LogP contribution in [0.5, 0.6) is 0 Å². The summed E-state index contributed by atoms with van der Waals surface area (Å²) in [4.78, 5) is 42.1. The number of carbonyl (C=O) groups excluding carboxylic acids is 2. The molecule has 4 atom stereocenters. The summed E-state index contributed by atoms with van der Waals surface area (Å²) in [6.07, 6.45) is 5.01. The van der Waals surface area contributed by atoms with Gasteiger partial charge in [-0.15, -0.1) is 11.8 Å². The highest BCUT2D eigenvalue weighted by Gasteiger charge is 2.79. The maximum absolute atomic E-state index is 14.9. The van der Waals surface area contributed by atoms with Gasteiger partial charge >= 0.3 is 0 Å². The zero-order valence-electron chi connectivity index (χ0n) is 18.8. The first-order valence-corrected chi connectivity index (χ1v) is 13.7. The van der Waals surface area contributed by atoms with Crippen LogP contribution < -0.4 is 5.32 Å². The lowest BCUT2D eigenvalue weighted by Crippen LogP contribution is -2.59. The van der Waals surface area contributed by atoms with Crippen LogP contribution in [0.2, 0.25) is 0 Å². The highest BCUT2D eigenvalue weighted by Crippen LogP contribution is 2.67. The number of aromatic nitrogens is 3. The number of imidazole rings is 1. The van der Waals surface area contributed by atoms with E-state index in [1.165, 1.54) is 0 Å². The van der Waals surface area contributed by atoms with Gasteiger partial charge in [0.2, 0.25) is 0 Å². The van der Waals surface area contributed by atoms with E-state index in [9.17, 15) is 14.9 Å². The van der Waals surface area contributed by atoms with Gasteiger partial charge < -0.3 is 15.3 Å². The highest BCUT2D eigenvalue weighted by molar-refractivity contribution is 14.1. The number of nitrogens with one attached hydrogen (secondary N) is 3. The lowest BCUT2D eigenvalue weighted by Gasteiger charge is -2.41. The summed E-state index contributed by atoms with van der Waals surface area (Å²) in [7, 11) is 0. The summed E-state index contributed by atoms with van der Waals surface area (Å²) < 4.78 is 0.929. The molecule has 0 saturated carbocycles. The van der Waals surface area contributed by atoms with Crippen molar-refractivity contribution in [2.45, 2.75) is 17.5 Å². The maximum atomic E-state index is 14.9. The second kappa shape index (κ2) is 7.68. The number of hydrogen-bond donors (Lipinski definition) is 3. The van der Waals surface area contributed by atoms with Crippen LogP contribution in [0.15, 0.2) is 61.1 Å². The molecule has 2 saturated heterocycles. The van der Waals surface area contributed by atoms with E-state index >= 15 is 0 Å². The number of thioether (sulfide) groups is 1. The number of hydrogen-bond acceptors (Lipinski definition) is 6. The lowest BCUT2D eigenvalue weighted by atomic mass is 9.59. The molecule has 0 bridgehead atoms. The van der Waals surface area contributed by atoms with Crippen molar-refractivity contribution in [3.8, 4) is 6.07 Å². The predicted molar refractivity (Wildman–Crippen MR) is 144 cm³/mol. The molecule has 10 heteroatoms. The third kappa shape index (κ3) is 2.50. The Morgan fingerprint density at radius 3 is 2.92 bits per heavy atom. The van der Waals surface area contributed by atoms with Crippen molar-refractivity contribution in [1.29, 1.82) is 5.26 Å². The van der Waals surface area contributed by atoms with Gasteiger partial charge in [0.05, 0.1) is 12.0 Å². The van der Waals surface area contributed by atoms with E-state index in [-0.39, 0.29) is 17.7 Å². The van der Waals surface area contributed by atoms with E-state index in [1.54, 1.807) is 30.4 Å². The first-order valence-electron chi connectivity index (χ1n) is 11.5. The summed E-state index contributed by atoms with van der Waals surface area (Å²) in [6.45, 7) is 0. The van der Waals surface area contributed by atoms with E-state index in [4.69, 9.17) is 0 Å². The highest BCUT2D eigenvalue weighted by atomic mass is 127. The molecule has 1 spiro atoms. The van der Waals surface area contributed by atoms with Gasteiger partial charge in [-0.05, 0) is 46.9 Å². The molecule has 8 nitrogen and oxygen atoms in total. The third-order valence-corrected chi connectivity index (χ3v) is 9.61. The van der Waals surface area contributed by atoms with Crippen molar-refractivity contribution in [3.05, 3.63) is 81.6 Å². The maximum Gasteiger partial charge on any atom is 0.251 e. The number of anilines is 1. The van der Waals surface area contributed by atoms with Gasteiger partial charge in [-0.2, -0.15) is 5.26 Å². The molecule has 0 radical (unpaired) electrons. The first-order chi connectivity index (χ1) is 17.5. The van der Waals surface area contributed by atoms with E-state index in [0.29, 0.717) is 34.3 Å². The number of amides is 1. The molecule has 5 heterocycles. The van der Waals surface area contributed by atoms with Crippen LogP contribution in [0.1, 0.15) is 27.7 Å². The molecule has 2 fully saturated rings. The molecule has 3 aliphatic heterocycles. The smallest absolute Gasteiger partial charge is 0.251 e. The molecule has 7 rings (SSSR count). The van der Waals surface area contributed by atoms with Crippen molar-refractivity contribution in [1.82, 2.24) is 19.9 Å². The Kier molecular flexibility index (Phi) is 4.71. The zero-order chi connectivity index (χ0) is 24.7. The van der Waals surface area contributed by atoms with Crippen LogP contribution in [-0.2, 0) is 10.3 Å². The molecular formula is C26H19IN6O2S. The van der Waals surface area contributed by atoms with Crippen LogP contribution in [-0.4, -0.2) is 49.2 Å². The third-order valence-electron chi connectivity index (χ3n) is 7.90. The average Bonchev–Trinajstić information content (AvgIpc) is 3.69. The van der Waals surface area contributed by atoms with E-state index in [0.717, 1.165) is 14.5 Å². The van der Waals surface area contributed by atoms with Crippen molar-refractivity contribution in [2.75, 3.05) is 16.9 Å². The number of nitriles is 1. The Bertz CT molecular complexity index is 1610. The summed E-state index contributed by atoms with van der Waals surface area (Å²) >= 11 is 3.92. The van der Waals surface area contributed by atoms with Crippen molar-refractivity contribution >= 4 is 62.6 Å². The van der Waals surface area contributed by atoms with Gasteiger partial charge in [0, 0.05) is 67.5 Å². The fourth-order valence-electron chi connectivity index (χ4n) is 6.57. The van der Waals surface area contributed by atoms with E-state index in [1.807, 2.05) is 42.5 Å². The number of nitrogens with zero attached hydrogens (tertiary/aromatic N) is 3. The standard InChI is InChI=1S/C26H19IN6O2S/c27-14-5-6-19-17(9-14)26(24(35)32-19)25(12-28,22(34)16-10-31-18-4-2-1-3-15(16)18)21(23-29-7-8-30-23)20-11-36-13-33(20)26/h1-10,20-21,31H,11,13H2,(H,29,30)(H,32,35)/t20?,21-,25+,26-/m1/s1. The number of para-hydroxylation sites is 1. The van der Waals surface area contributed by atoms with Crippen molar-refractivity contribution in [3.63, 3.8) is 0 Å². The molecule has 36 heavy (non-hydrogen) atoms. The normalized spacial score (nSPS) is 28.8. The van der Waals surface area contributed by atoms with Crippen LogP contribution >= 0.6 is 34.4 Å². The molecule has 1 unspecified atom stereocenters. The molecule has 178 valence electrons. The first kappa shape index (κ1) is 22.1. The van der Waals surface area contributed by atoms with Gasteiger partial charge in [0.1, 0.15) is 5.82 Å². The Hall–Kier alpha value is -3.14. The fourth-order valence-corrected chi connectivity index (χ4v) is 8.36. The summed E-state index contributed by atoms with van der Waals surface area (Å²) in [5.74, 6) is 0.421. The van der Waals surface area contributed by atoms with Gasteiger partial charge in [0.15, 0.2) is 16.7 Å². The number of H-pyrrole nitrogens is 2. The molecule has 0 aliphatic carbocycles. The predicted octanol–water partition coefficient (Wildman–Crippen LogP) is 4.21. The van der Waals surface area contributed by atoms with Gasteiger partial charge in [-0.3, -0.25) is 14.5 Å². The Morgan fingerprint density at radius 2 is 2.11 bits per heavy atom. The molecule has 2 aromatic heterocycles. The van der Waals surface area contributed by atoms with Crippen LogP contribution in [0.3, 0.4) is 0 Å². The SMILES string of the molecule is N#C[C@@]1(C(=O)c2c[nH]c3ccccc23)[C@@H](c2ncc[nH]2)C2CSCN2[C@]12C(=O)Nc1ccc(I)cc12. The number of aromatic amines is 2. The Labute approximate surface area is 224 Å². The van der Waals surface area contributed by atoms with Crippen molar-refractivity contribution in [2.24, 2.45) is 5.41 Å². The quantitative estimate of drug-likeness (QED) is 0.238. The number of benzene rings is 2. The van der Waals surface area contributed by atoms with E-state index < -0.39 is 16.9 Å². The van der Waals surface area contributed by atoms with Crippen LogP contribution in [0.25, 0.3) is 10.9 Å². The number of Topliss-reactive ketones (excluding diaryl/α,β-unsaturated/α-hetero) is 1. The fraction of sp³-hybridized carbons (Fsp3) is 0.231.